The smallest absolute Gasteiger partial charge is 0.135 e. The van der Waals surface area contributed by atoms with Crippen LogP contribution in [-0.2, 0) is 6.42 Å². The van der Waals surface area contributed by atoms with Crippen LogP contribution in [0.15, 0.2) is 58.1 Å². The van der Waals surface area contributed by atoms with E-state index in [0.29, 0.717) is 0 Å². The van der Waals surface area contributed by atoms with Crippen molar-refractivity contribution in [2.45, 2.75) is 13.3 Å². The molecule has 0 bridgehead atoms. The lowest BCUT2D eigenvalue weighted by molar-refractivity contribution is 0.807. The molecule has 4 heteroatoms. The van der Waals surface area contributed by atoms with E-state index >= 15 is 0 Å². The lowest BCUT2D eigenvalue weighted by atomic mass is 10.1. The maximum atomic E-state index is 4.43. The number of para-hydroxylation sites is 1. The molecule has 0 amide bonds. The maximum absolute atomic E-state index is 4.43. The van der Waals surface area contributed by atoms with Crippen molar-refractivity contribution >= 4 is 27.5 Å². The maximum Gasteiger partial charge on any atom is 0.135 e. The average molecular weight is 330 g/mol. The summed E-state index contributed by atoms with van der Waals surface area (Å²) < 4.78 is 1.13. The van der Waals surface area contributed by atoms with Crippen molar-refractivity contribution in [3.8, 4) is 0 Å². The summed E-state index contributed by atoms with van der Waals surface area (Å²) in [5.41, 5.74) is 6.76. The number of hydrogen-bond donors (Lipinski definition) is 1. The molecule has 0 saturated carbocycles. The molecule has 1 aliphatic heterocycles. The molecule has 3 nitrogen and oxygen atoms in total. The van der Waals surface area contributed by atoms with Gasteiger partial charge in [0.1, 0.15) is 12.5 Å². The zero-order chi connectivity index (χ0) is 13.9. The molecule has 0 spiro atoms. The van der Waals surface area contributed by atoms with Gasteiger partial charge < -0.3 is 4.90 Å². The Morgan fingerprint density at radius 2 is 2.00 bits per heavy atom. The third-order valence-electron chi connectivity index (χ3n) is 3.37. The van der Waals surface area contributed by atoms with E-state index in [1.165, 1.54) is 16.8 Å². The van der Waals surface area contributed by atoms with Crippen LogP contribution in [-0.4, -0.2) is 12.5 Å². The first kappa shape index (κ1) is 13.2. The van der Waals surface area contributed by atoms with Gasteiger partial charge in [0.25, 0.3) is 0 Å². The third-order valence-corrected chi connectivity index (χ3v) is 4.14. The Balaban J connectivity index is 1.85. The summed E-state index contributed by atoms with van der Waals surface area (Å²) in [6.45, 7) is 2.84. The predicted octanol–water partition coefficient (Wildman–Crippen LogP) is 3.68. The Morgan fingerprint density at radius 3 is 2.80 bits per heavy atom. The van der Waals surface area contributed by atoms with Crippen molar-refractivity contribution in [3.63, 3.8) is 0 Å². The second kappa shape index (κ2) is 5.67. The molecule has 102 valence electrons. The van der Waals surface area contributed by atoms with Crippen LogP contribution >= 0.6 is 15.9 Å². The van der Waals surface area contributed by atoms with Crippen LogP contribution in [0.5, 0.6) is 0 Å². The number of rotatable bonds is 3. The highest BCUT2D eigenvalue weighted by Gasteiger charge is 2.19. The Labute approximate surface area is 127 Å². The molecule has 1 aliphatic rings. The van der Waals surface area contributed by atoms with E-state index in [9.17, 15) is 0 Å². The van der Waals surface area contributed by atoms with Crippen molar-refractivity contribution in [1.82, 2.24) is 5.43 Å². The minimum absolute atomic E-state index is 0.725. The molecule has 0 aromatic heterocycles. The van der Waals surface area contributed by atoms with Gasteiger partial charge in [-0.1, -0.05) is 51.8 Å². The second-order valence-corrected chi connectivity index (χ2v) is 5.73. The molecule has 0 unspecified atom stereocenters. The molecular weight excluding hydrogens is 314 g/mol. The summed E-state index contributed by atoms with van der Waals surface area (Å²) in [6.07, 6.45) is 0.810. The van der Waals surface area contributed by atoms with Crippen LogP contribution in [0.4, 0.5) is 5.69 Å². The molecule has 0 fully saturated rings. The number of nitrogens with zero attached hydrogens (tertiary/aromatic N) is 2. The predicted molar refractivity (Wildman–Crippen MR) is 86.9 cm³/mol. The van der Waals surface area contributed by atoms with Gasteiger partial charge in [-0.15, -0.1) is 0 Å². The van der Waals surface area contributed by atoms with Gasteiger partial charge >= 0.3 is 0 Å². The highest BCUT2D eigenvalue weighted by Crippen LogP contribution is 2.22. The second-order valence-electron chi connectivity index (χ2n) is 4.88. The standard InChI is InChI=1S/C16H16BrN3/c1-12-7-8-15(17)13(9-12)10-16-19-18-11-20(16)14-5-3-2-4-6-14/h2-9,18H,10-11H2,1H3. The first-order chi connectivity index (χ1) is 9.74. The van der Waals surface area contributed by atoms with Crippen LogP contribution in [0.3, 0.4) is 0 Å². The Kier molecular flexibility index (Phi) is 3.74. The molecule has 1 heterocycles. The van der Waals surface area contributed by atoms with Gasteiger partial charge in [-0.25, -0.2) is 0 Å². The number of anilines is 1. The lowest BCUT2D eigenvalue weighted by Crippen LogP contribution is -2.30. The zero-order valence-electron chi connectivity index (χ0n) is 11.3. The fourth-order valence-corrected chi connectivity index (χ4v) is 2.73. The Morgan fingerprint density at radius 1 is 1.20 bits per heavy atom. The van der Waals surface area contributed by atoms with E-state index in [0.717, 1.165) is 23.4 Å². The van der Waals surface area contributed by atoms with Gasteiger partial charge in [0, 0.05) is 16.6 Å². The lowest BCUT2D eigenvalue weighted by Gasteiger charge is -2.19. The summed E-state index contributed by atoms with van der Waals surface area (Å²) in [5, 5.41) is 4.43. The molecule has 0 radical (unpaired) electrons. The quantitative estimate of drug-likeness (QED) is 0.930. The van der Waals surface area contributed by atoms with E-state index in [2.05, 4.69) is 68.6 Å². The van der Waals surface area contributed by atoms with Crippen molar-refractivity contribution in [3.05, 3.63) is 64.1 Å². The number of amidine groups is 1. The zero-order valence-corrected chi connectivity index (χ0v) is 12.9. The number of aryl methyl sites for hydroxylation is 1. The molecule has 2 aromatic carbocycles. The van der Waals surface area contributed by atoms with E-state index in [1.54, 1.807) is 0 Å². The van der Waals surface area contributed by atoms with Gasteiger partial charge in [-0.2, -0.15) is 5.10 Å². The monoisotopic (exact) mass is 329 g/mol. The first-order valence-electron chi connectivity index (χ1n) is 6.61. The van der Waals surface area contributed by atoms with Crippen LogP contribution in [0, 0.1) is 6.92 Å². The van der Waals surface area contributed by atoms with Crippen molar-refractivity contribution < 1.29 is 0 Å². The van der Waals surface area contributed by atoms with E-state index in [-0.39, 0.29) is 0 Å². The van der Waals surface area contributed by atoms with Gasteiger partial charge in [-0.3, -0.25) is 5.43 Å². The van der Waals surface area contributed by atoms with Crippen molar-refractivity contribution in [1.29, 1.82) is 0 Å². The molecular formula is C16H16BrN3. The fraction of sp³-hybridized carbons (Fsp3) is 0.188. The summed E-state index contributed by atoms with van der Waals surface area (Å²) in [4.78, 5) is 2.20. The van der Waals surface area contributed by atoms with E-state index in [4.69, 9.17) is 0 Å². The topological polar surface area (TPSA) is 27.6 Å². The van der Waals surface area contributed by atoms with Crippen LogP contribution < -0.4 is 10.3 Å². The fourth-order valence-electron chi connectivity index (χ4n) is 2.34. The van der Waals surface area contributed by atoms with Crippen LogP contribution in [0.1, 0.15) is 11.1 Å². The highest BCUT2D eigenvalue weighted by atomic mass is 79.9. The summed E-state index contributed by atoms with van der Waals surface area (Å²) in [7, 11) is 0. The minimum atomic E-state index is 0.725. The minimum Gasteiger partial charge on any atom is -0.309 e. The molecule has 1 N–H and O–H groups in total. The van der Waals surface area contributed by atoms with Crippen molar-refractivity contribution in [2.75, 3.05) is 11.6 Å². The Hall–Kier alpha value is -1.81. The molecule has 0 aliphatic carbocycles. The van der Waals surface area contributed by atoms with Crippen LogP contribution in [0.2, 0.25) is 0 Å². The first-order valence-corrected chi connectivity index (χ1v) is 7.40. The van der Waals surface area contributed by atoms with Crippen LogP contribution in [0.25, 0.3) is 0 Å². The summed E-state index contributed by atoms with van der Waals surface area (Å²) >= 11 is 3.62. The van der Waals surface area contributed by atoms with E-state index < -0.39 is 0 Å². The third kappa shape index (κ3) is 2.70. The average Bonchev–Trinajstić information content (AvgIpc) is 2.92. The SMILES string of the molecule is Cc1ccc(Br)c(CC2=NNCN2c2ccccc2)c1. The molecule has 20 heavy (non-hydrogen) atoms. The number of hydrogen-bond acceptors (Lipinski definition) is 3. The van der Waals surface area contributed by atoms with E-state index in [1.807, 2.05) is 18.2 Å². The summed E-state index contributed by atoms with van der Waals surface area (Å²) in [6, 6.07) is 16.7. The molecule has 3 rings (SSSR count). The number of benzene rings is 2. The molecule has 2 aromatic rings. The van der Waals surface area contributed by atoms with Gasteiger partial charge in [0.15, 0.2) is 0 Å². The number of halogens is 1. The summed E-state index contributed by atoms with van der Waals surface area (Å²) in [5.74, 6) is 1.04. The molecule has 0 saturated heterocycles. The number of nitrogens with one attached hydrogen (secondary N) is 1. The Bertz CT molecular complexity index is 637. The van der Waals surface area contributed by atoms with Crippen molar-refractivity contribution in [2.24, 2.45) is 5.10 Å². The van der Waals surface area contributed by atoms with Gasteiger partial charge in [0.2, 0.25) is 0 Å². The number of hydrazone groups is 1. The normalized spacial score (nSPS) is 14.1. The molecule has 0 atom stereocenters. The highest BCUT2D eigenvalue weighted by molar-refractivity contribution is 9.10. The van der Waals surface area contributed by atoms with Gasteiger partial charge in [-0.05, 0) is 30.7 Å². The largest absolute Gasteiger partial charge is 0.309 e. The van der Waals surface area contributed by atoms with Gasteiger partial charge in [0.05, 0.1) is 0 Å².